The van der Waals surface area contributed by atoms with Gasteiger partial charge in [-0.3, -0.25) is 0 Å². The van der Waals surface area contributed by atoms with Gasteiger partial charge >= 0.3 is 5.97 Å². The maximum atomic E-state index is 12.3. The Kier molecular flexibility index (Phi) is 3.11. The standard InChI is InChI=1S/C12H16N2O5S/c15-7-8-4-13(5-8)20(18,19)10-3-11(12(16)17)14(6-10)9-1-2-9/h3,6,8-9,15H,1-2,4-5,7H2,(H,16,17). The molecule has 1 saturated heterocycles. The number of aliphatic hydroxyl groups excluding tert-OH is 1. The zero-order chi connectivity index (χ0) is 14.5. The Balaban J connectivity index is 1.90. The van der Waals surface area contributed by atoms with Crippen molar-refractivity contribution in [3.63, 3.8) is 0 Å². The van der Waals surface area contributed by atoms with E-state index in [-0.39, 0.29) is 42.2 Å². The number of carboxylic acid groups (broad SMARTS) is 1. The van der Waals surface area contributed by atoms with Crippen molar-refractivity contribution in [1.29, 1.82) is 0 Å². The number of nitrogens with zero attached hydrogens (tertiary/aromatic N) is 2. The van der Waals surface area contributed by atoms with E-state index in [4.69, 9.17) is 10.2 Å². The molecule has 2 fully saturated rings. The summed E-state index contributed by atoms with van der Waals surface area (Å²) in [6.45, 7) is 0.543. The number of carboxylic acids is 1. The second-order valence-electron chi connectivity index (χ2n) is 5.38. The fourth-order valence-electron chi connectivity index (χ4n) is 2.40. The van der Waals surface area contributed by atoms with Gasteiger partial charge in [0.1, 0.15) is 10.6 Å². The zero-order valence-corrected chi connectivity index (χ0v) is 11.6. The van der Waals surface area contributed by atoms with Crippen LogP contribution in [0.1, 0.15) is 29.4 Å². The second-order valence-corrected chi connectivity index (χ2v) is 7.31. The third-order valence-corrected chi connectivity index (χ3v) is 5.60. The lowest BCUT2D eigenvalue weighted by atomic mass is 10.1. The van der Waals surface area contributed by atoms with Crippen LogP contribution in [-0.4, -0.2) is 53.2 Å². The molecule has 2 N–H and O–H groups in total. The molecule has 0 bridgehead atoms. The molecule has 0 spiro atoms. The molecule has 1 aliphatic heterocycles. The fourth-order valence-corrected chi connectivity index (χ4v) is 4.02. The predicted molar refractivity (Wildman–Crippen MR) is 69.0 cm³/mol. The van der Waals surface area contributed by atoms with Crippen LogP contribution in [-0.2, 0) is 10.0 Å². The summed E-state index contributed by atoms with van der Waals surface area (Å²) in [6, 6.07) is 1.33. The van der Waals surface area contributed by atoms with E-state index in [1.165, 1.54) is 16.6 Å². The van der Waals surface area contributed by atoms with Gasteiger partial charge in [0, 0.05) is 37.9 Å². The Bertz CT molecular complexity index is 641. The van der Waals surface area contributed by atoms with E-state index in [2.05, 4.69) is 0 Å². The number of aromatic carboxylic acids is 1. The van der Waals surface area contributed by atoms with E-state index >= 15 is 0 Å². The van der Waals surface area contributed by atoms with Gasteiger partial charge in [0.15, 0.2) is 0 Å². The molecule has 0 unspecified atom stereocenters. The van der Waals surface area contributed by atoms with Crippen LogP contribution >= 0.6 is 0 Å². The van der Waals surface area contributed by atoms with Gasteiger partial charge in [-0.25, -0.2) is 13.2 Å². The summed E-state index contributed by atoms with van der Waals surface area (Å²) >= 11 is 0. The van der Waals surface area contributed by atoms with E-state index in [9.17, 15) is 13.2 Å². The minimum atomic E-state index is -3.65. The van der Waals surface area contributed by atoms with Crippen LogP contribution < -0.4 is 0 Å². The minimum Gasteiger partial charge on any atom is -0.477 e. The Morgan fingerprint density at radius 1 is 1.35 bits per heavy atom. The summed E-state index contributed by atoms with van der Waals surface area (Å²) in [5.41, 5.74) is 0.0188. The first-order chi connectivity index (χ1) is 9.43. The highest BCUT2D eigenvalue weighted by molar-refractivity contribution is 7.89. The van der Waals surface area contributed by atoms with Crippen LogP contribution in [0.3, 0.4) is 0 Å². The van der Waals surface area contributed by atoms with Gasteiger partial charge < -0.3 is 14.8 Å². The van der Waals surface area contributed by atoms with Gasteiger partial charge in [-0.1, -0.05) is 0 Å². The van der Waals surface area contributed by atoms with E-state index in [0.29, 0.717) is 0 Å². The van der Waals surface area contributed by atoms with E-state index < -0.39 is 16.0 Å². The molecule has 1 aromatic heterocycles. The molecule has 0 atom stereocenters. The van der Waals surface area contributed by atoms with Crippen molar-refractivity contribution in [2.24, 2.45) is 5.92 Å². The Morgan fingerprint density at radius 3 is 2.50 bits per heavy atom. The average molecular weight is 300 g/mol. The van der Waals surface area contributed by atoms with Crippen LogP contribution in [0.5, 0.6) is 0 Å². The number of hydrogen-bond acceptors (Lipinski definition) is 4. The van der Waals surface area contributed by atoms with E-state index in [1.54, 1.807) is 4.57 Å². The highest BCUT2D eigenvalue weighted by Gasteiger charge is 2.38. The molecule has 8 heteroatoms. The van der Waals surface area contributed by atoms with Crippen molar-refractivity contribution in [2.45, 2.75) is 23.8 Å². The molecule has 20 heavy (non-hydrogen) atoms. The monoisotopic (exact) mass is 300 g/mol. The van der Waals surface area contributed by atoms with Crippen LogP contribution in [0, 0.1) is 5.92 Å². The molecule has 7 nitrogen and oxygen atoms in total. The van der Waals surface area contributed by atoms with Crippen molar-refractivity contribution >= 4 is 16.0 Å². The third-order valence-electron chi connectivity index (χ3n) is 3.80. The SMILES string of the molecule is O=C(O)c1cc(S(=O)(=O)N2CC(CO)C2)cn1C1CC1. The Morgan fingerprint density at radius 2 is 2.00 bits per heavy atom. The predicted octanol–water partition coefficient (Wildman–Crippen LogP) is 0.134. The normalized spacial score (nSPS) is 20.9. The first kappa shape index (κ1) is 13.6. The van der Waals surface area contributed by atoms with Gasteiger partial charge in [0.25, 0.3) is 0 Å². The van der Waals surface area contributed by atoms with Crippen molar-refractivity contribution in [3.05, 3.63) is 18.0 Å². The number of hydrogen-bond donors (Lipinski definition) is 2. The average Bonchev–Trinajstić information content (AvgIpc) is 3.05. The van der Waals surface area contributed by atoms with Crippen LogP contribution in [0.2, 0.25) is 0 Å². The smallest absolute Gasteiger partial charge is 0.352 e. The van der Waals surface area contributed by atoms with E-state index in [1.807, 2.05) is 0 Å². The minimum absolute atomic E-state index is 0.0188. The summed E-state index contributed by atoms with van der Waals surface area (Å²) < 4.78 is 27.5. The Hall–Kier alpha value is -1.38. The summed E-state index contributed by atoms with van der Waals surface area (Å²) in [5.74, 6) is -1.13. The topological polar surface area (TPSA) is 99.8 Å². The van der Waals surface area contributed by atoms with Crippen molar-refractivity contribution in [2.75, 3.05) is 19.7 Å². The van der Waals surface area contributed by atoms with Crippen molar-refractivity contribution in [1.82, 2.24) is 8.87 Å². The lowest BCUT2D eigenvalue weighted by Crippen LogP contribution is -2.51. The highest BCUT2D eigenvalue weighted by atomic mass is 32.2. The van der Waals surface area contributed by atoms with Crippen molar-refractivity contribution in [3.8, 4) is 0 Å². The molecule has 0 aromatic carbocycles. The summed E-state index contributed by atoms with van der Waals surface area (Å²) in [5, 5.41) is 18.1. The molecule has 3 rings (SSSR count). The van der Waals surface area contributed by atoms with Crippen LogP contribution in [0.15, 0.2) is 17.2 Å². The third kappa shape index (κ3) is 2.13. The Labute approximate surface area is 116 Å². The number of aliphatic hydroxyl groups is 1. The second kappa shape index (κ2) is 4.57. The first-order valence-electron chi connectivity index (χ1n) is 6.49. The van der Waals surface area contributed by atoms with Crippen LogP contribution in [0.25, 0.3) is 0 Å². The summed E-state index contributed by atoms with van der Waals surface area (Å²) in [7, 11) is -3.65. The van der Waals surface area contributed by atoms with Gasteiger partial charge in [-0.05, 0) is 18.9 Å². The number of sulfonamides is 1. The van der Waals surface area contributed by atoms with Crippen LogP contribution in [0.4, 0.5) is 0 Å². The molecule has 2 heterocycles. The molecule has 0 amide bonds. The molecular weight excluding hydrogens is 284 g/mol. The zero-order valence-electron chi connectivity index (χ0n) is 10.8. The quantitative estimate of drug-likeness (QED) is 0.805. The lowest BCUT2D eigenvalue weighted by Gasteiger charge is -2.36. The molecule has 1 aromatic rings. The molecular formula is C12H16N2O5S. The van der Waals surface area contributed by atoms with Crippen molar-refractivity contribution < 1.29 is 23.4 Å². The van der Waals surface area contributed by atoms with Gasteiger partial charge in [0.05, 0.1) is 0 Å². The molecule has 1 aliphatic carbocycles. The number of rotatable bonds is 5. The summed E-state index contributed by atoms with van der Waals surface area (Å²) in [6.07, 6.45) is 3.18. The highest BCUT2D eigenvalue weighted by Crippen LogP contribution is 2.38. The number of carbonyl (C=O) groups is 1. The maximum absolute atomic E-state index is 12.3. The first-order valence-corrected chi connectivity index (χ1v) is 7.93. The molecule has 2 aliphatic rings. The molecule has 110 valence electrons. The number of aromatic nitrogens is 1. The summed E-state index contributed by atoms with van der Waals surface area (Å²) in [4.78, 5) is 11.2. The fraction of sp³-hybridized carbons (Fsp3) is 0.583. The maximum Gasteiger partial charge on any atom is 0.352 e. The van der Waals surface area contributed by atoms with Gasteiger partial charge in [-0.2, -0.15) is 4.31 Å². The largest absolute Gasteiger partial charge is 0.477 e. The van der Waals surface area contributed by atoms with E-state index in [0.717, 1.165) is 12.8 Å². The molecule has 0 radical (unpaired) electrons. The van der Waals surface area contributed by atoms with Gasteiger partial charge in [0.2, 0.25) is 10.0 Å². The lowest BCUT2D eigenvalue weighted by molar-refractivity contribution is 0.0685. The molecule has 1 saturated carbocycles. The van der Waals surface area contributed by atoms with Gasteiger partial charge in [-0.15, -0.1) is 0 Å².